The number of aryl methyl sites for hydroxylation is 1. The predicted molar refractivity (Wildman–Crippen MR) is 150 cm³/mol. The molecule has 3 rings (SSSR count). The molecule has 14 heteroatoms. The van der Waals surface area contributed by atoms with Crippen molar-refractivity contribution in [3.8, 4) is 11.1 Å². The van der Waals surface area contributed by atoms with Crippen LogP contribution in [0, 0.1) is 0 Å². The number of unbranched alkanes of at least 4 members (excludes halogenated alkanes) is 1. The van der Waals surface area contributed by atoms with E-state index in [1.165, 1.54) is 16.7 Å². The highest BCUT2D eigenvalue weighted by atomic mass is 32.2. The molecule has 0 radical (unpaired) electrons. The van der Waals surface area contributed by atoms with E-state index in [1.54, 1.807) is 36.4 Å². The minimum atomic E-state index is -4.48. The van der Waals surface area contributed by atoms with E-state index >= 15 is 0 Å². The first-order chi connectivity index (χ1) is 19.4. The lowest BCUT2D eigenvalue weighted by Gasteiger charge is -2.14. The highest BCUT2D eigenvalue weighted by molar-refractivity contribution is 7.99. The van der Waals surface area contributed by atoms with Crippen molar-refractivity contribution >= 4 is 33.8 Å². The number of urea groups is 1. The third kappa shape index (κ3) is 8.73. The zero-order valence-electron chi connectivity index (χ0n) is 22.5. The summed E-state index contributed by atoms with van der Waals surface area (Å²) in [5.74, 6) is -2.26. The Morgan fingerprint density at radius 1 is 1.05 bits per heavy atom. The number of sulfonamides is 1. The molecule has 0 saturated heterocycles. The molecule has 0 aliphatic heterocycles. The number of halogens is 3. The summed E-state index contributed by atoms with van der Waals surface area (Å²) >= 11 is 0.344. The van der Waals surface area contributed by atoms with Gasteiger partial charge in [-0.05, 0) is 30.0 Å². The van der Waals surface area contributed by atoms with Crippen LogP contribution >= 0.6 is 11.8 Å². The quantitative estimate of drug-likeness (QED) is 0.211. The van der Waals surface area contributed by atoms with E-state index < -0.39 is 34.0 Å². The summed E-state index contributed by atoms with van der Waals surface area (Å²) in [6.07, 6.45) is -1.99. The maximum atomic E-state index is 12.9. The Morgan fingerprint density at radius 2 is 1.73 bits per heavy atom. The van der Waals surface area contributed by atoms with E-state index in [0.717, 1.165) is 6.42 Å². The van der Waals surface area contributed by atoms with Gasteiger partial charge in [0.25, 0.3) is 10.0 Å². The lowest BCUT2D eigenvalue weighted by Crippen LogP contribution is -2.39. The van der Waals surface area contributed by atoms with Crippen LogP contribution in [0.4, 0.5) is 18.0 Å². The number of aromatic carboxylic acids is 1. The van der Waals surface area contributed by atoms with Crippen LogP contribution in [0.3, 0.4) is 0 Å². The number of rotatable bonds is 13. The van der Waals surface area contributed by atoms with Crippen molar-refractivity contribution in [1.29, 1.82) is 0 Å². The Morgan fingerprint density at radius 3 is 2.34 bits per heavy atom. The fourth-order valence-corrected chi connectivity index (χ4v) is 5.96. The standard InChI is InChI=1S/C27H31F3N4O5S2/c1-3-5-10-22-32-24(40-17-27(28,29)30)23(25(35)36)34(22)16-18-11-13-19(14-12-18)20-8-6-7-9-21(20)41(38,39)33-26(37)31-15-4-2/h6-9,11-14H,3-5,10,15-17H2,1-2H3,(H,35,36)(H2,31,33,37). The van der Waals surface area contributed by atoms with Gasteiger partial charge in [0, 0.05) is 25.1 Å². The SMILES string of the molecule is CCCCc1nc(SCC(F)(F)F)c(C(=O)O)n1Cc1ccc(-c2ccccc2S(=O)(=O)NC(=O)NCCC)cc1. The number of amides is 2. The Labute approximate surface area is 240 Å². The number of carbonyl (C=O) groups excluding carboxylic acids is 1. The zero-order chi connectivity index (χ0) is 30.2. The van der Waals surface area contributed by atoms with Crippen molar-refractivity contribution in [2.75, 3.05) is 12.3 Å². The average molecular weight is 613 g/mol. The van der Waals surface area contributed by atoms with Crippen molar-refractivity contribution in [3.05, 3.63) is 65.6 Å². The van der Waals surface area contributed by atoms with Crippen LogP contribution in [-0.2, 0) is 23.0 Å². The third-order valence-corrected chi connectivity index (χ3v) is 8.31. The van der Waals surface area contributed by atoms with Crippen molar-refractivity contribution < 1.29 is 36.3 Å². The molecular formula is C27H31F3N4O5S2. The molecule has 9 nitrogen and oxygen atoms in total. The van der Waals surface area contributed by atoms with Gasteiger partial charge < -0.3 is 15.0 Å². The number of imidazole rings is 1. The van der Waals surface area contributed by atoms with Gasteiger partial charge >= 0.3 is 18.2 Å². The second-order valence-corrected chi connectivity index (χ2v) is 11.7. The summed E-state index contributed by atoms with van der Waals surface area (Å²) in [5, 5.41) is 12.1. The molecule has 0 spiro atoms. The lowest BCUT2D eigenvalue weighted by atomic mass is 10.0. The maximum absolute atomic E-state index is 12.9. The van der Waals surface area contributed by atoms with E-state index in [2.05, 4.69) is 10.3 Å². The topological polar surface area (TPSA) is 130 Å². The normalized spacial score (nSPS) is 11.8. The van der Waals surface area contributed by atoms with Crippen LogP contribution in [0.25, 0.3) is 11.1 Å². The summed E-state index contributed by atoms with van der Waals surface area (Å²) < 4.78 is 67.9. The molecule has 2 aromatic carbocycles. The monoisotopic (exact) mass is 612 g/mol. The summed E-state index contributed by atoms with van der Waals surface area (Å²) in [6.45, 7) is 4.13. The highest BCUT2D eigenvalue weighted by Crippen LogP contribution is 2.32. The van der Waals surface area contributed by atoms with E-state index in [-0.39, 0.29) is 22.2 Å². The maximum Gasteiger partial charge on any atom is 0.398 e. The number of hydrogen-bond acceptors (Lipinski definition) is 6. The molecule has 2 amide bonds. The van der Waals surface area contributed by atoms with Gasteiger partial charge in [-0.2, -0.15) is 13.2 Å². The number of thioether (sulfide) groups is 1. The molecule has 0 aliphatic carbocycles. The minimum absolute atomic E-state index is 0.0413. The van der Waals surface area contributed by atoms with Gasteiger partial charge in [0.2, 0.25) is 0 Å². The second kappa shape index (κ2) is 13.9. The molecule has 0 aliphatic rings. The van der Waals surface area contributed by atoms with E-state index in [1.807, 2.05) is 18.6 Å². The van der Waals surface area contributed by atoms with Crippen LogP contribution in [0.5, 0.6) is 0 Å². The van der Waals surface area contributed by atoms with Gasteiger partial charge in [0.05, 0.1) is 10.6 Å². The van der Waals surface area contributed by atoms with Gasteiger partial charge in [0.15, 0.2) is 5.69 Å². The lowest BCUT2D eigenvalue weighted by molar-refractivity contribution is -0.105. The van der Waals surface area contributed by atoms with Gasteiger partial charge in [-0.15, -0.1) is 0 Å². The number of hydrogen-bond donors (Lipinski definition) is 3. The van der Waals surface area contributed by atoms with E-state index in [0.29, 0.717) is 60.1 Å². The molecule has 3 N–H and O–H groups in total. The molecule has 1 aromatic heterocycles. The molecule has 0 unspecified atom stereocenters. The molecule has 3 aromatic rings. The molecule has 41 heavy (non-hydrogen) atoms. The molecule has 0 saturated carbocycles. The first-order valence-electron chi connectivity index (χ1n) is 12.9. The Hall–Kier alpha value is -3.52. The van der Waals surface area contributed by atoms with Crippen LogP contribution in [0.2, 0.25) is 0 Å². The average Bonchev–Trinajstić information content (AvgIpc) is 3.26. The number of aromatic nitrogens is 2. The fraction of sp³-hybridized carbons (Fsp3) is 0.370. The van der Waals surface area contributed by atoms with Crippen LogP contribution < -0.4 is 10.0 Å². The molecule has 1 heterocycles. The first-order valence-corrected chi connectivity index (χ1v) is 15.3. The number of carboxylic acids is 1. The molecular weight excluding hydrogens is 581 g/mol. The number of alkyl halides is 3. The number of carbonyl (C=O) groups is 2. The zero-order valence-corrected chi connectivity index (χ0v) is 24.1. The predicted octanol–water partition coefficient (Wildman–Crippen LogP) is 5.69. The van der Waals surface area contributed by atoms with Gasteiger partial charge in [0.1, 0.15) is 10.9 Å². The van der Waals surface area contributed by atoms with Crippen molar-refractivity contribution in [3.63, 3.8) is 0 Å². The summed E-state index contributed by atoms with van der Waals surface area (Å²) in [6, 6.07) is 12.0. The van der Waals surface area contributed by atoms with Crippen LogP contribution in [0.1, 0.15) is 55.0 Å². The van der Waals surface area contributed by atoms with Crippen molar-refractivity contribution in [2.24, 2.45) is 0 Å². The Kier molecular flexibility index (Phi) is 10.8. The fourth-order valence-electron chi connectivity index (χ4n) is 3.99. The minimum Gasteiger partial charge on any atom is -0.476 e. The number of benzene rings is 2. The first kappa shape index (κ1) is 32.0. The molecule has 222 valence electrons. The largest absolute Gasteiger partial charge is 0.476 e. The van der Waals surface area contributed by atoms with E-state index in [9.17, 15) is 36.3 Å². The summed E-state index contributed by atoms with van der Waals surface area (Å²) in [5.41, 5.74) is 1.20. The Bertz CT molecular complexity index is 1470. The van der Waals surface area contributed by atoms with Crippen molar-refractivity contribution in [1.82, 2.24) is 19.6 Å². The number of carboxylic acid groups (broad SMARTS) is 1. The van der Waals surface area contributed by atoms with Crippen molar-refractivity contribution in [2.45, 2.75) is 62.2 Å². The van der Waals surface area contributed by atoms with E-state index in [4.69, 9.17) is 0 Å². The smallest absolute Gasteiger partial charge is 0.398 e. The molecule has 0 fully saturated rings. The summed E-state index contributed by atoms with van der Waals surface area (Å²) in [7, 11) is -4.19. The third-order valence-electron chi connectivity index (χ3n) is 5.89. The highest BCUT2D eigenvalue weighted by Gasteiger charge is 2.31. The Balaban J connectivity index is 1.93. The number of nitrogens with one attached hydrogen (secondary N) is 2. The second-order valence-electron chi connectivity index (χ2n) is 9.13. The summed E-state index contributed by atoms with van der Waals surface area (Å²) in [4.78, 5) is 28.3. The van der Waals surface area contributed by atoms with Gasteiger partial charge in [-0.1, -0.05) is 74.5 Å². The van der Waals surface area contributed by atoms with Crippen LogP contribution in [-0.4, -0.2) is 53.5 Å². The number of nitrogens with zero attached hydrogens (tertiary/aromatic N) is 2. The van der Waals surface area contributed by atoms with Gasteiger partial charge in [-0.25, -0.2) is 27.7 Å². The van der Waals surface area contributed by atoms with Crippen LogP contribution in [0.15, 0.2) is 58.5 Å². The molecule has 0 bridgehead atoms. The molecule has 0 atom stereocenters. The van der Waals surface area contributed by atoms with Gasteiger partial charge in [-0.3, -0.25) is 0 Å².